The van der Waals surface area contributed by atoms with Gasteiger partial charge in [0, 0.05) is 16.9 Å². The number of aromatic amines is 1. The first-order valence-corrected chi connectivity index (χ1v) is 9.05. The number of fused-ring (bicyclic) bond motifs is 1. The van der Waals surface area contributed by atoms with Gasteiger partial charge in [0.2, 0.25) is 0 Å². The number of benzene rings is 2. The normalized spacial score (nSPS) is 13.1. The molecule has 28 heavy (non-hydrogen) atoms. The van der Waals surface area contributed by atoms with Crippen LogP contribution in [0.1, 0.15) is 33.7 Å². The van der Waals surface area contributed by atoms with Crippen molar-refractivity contribution >= 4 is 34.4 Å². The van der Waals surface area contributed by atoms with E-state index in [4.69, 9.17) is 4.74 Å². The van der Waals surface area contributed by atoms with Gasteiger partial charge in [0.15, 0.2) is 6.61 Å². The number of esters is 1. The molecule has 1 aliphatic carbocycles. The molecule has 4 rings (SSSR count). The van der Waals surface area contributed by atoms with Crippen molar-refractivity contribution in [1.29, 1.82) is 0 Å². The van der Waals surface area contributed by atoms with Crippen LogP contribution in [-0.4, -0.2) is 35.4 Å². The van der Waals surface area contributed by atoms with Gasteiger partial charge in [-0.05, 0) is 37.1 Å². The lowest BCUT2D eigenvalue weighted by molar-refractivity contribution is -0.119. The summed E-state index contributed by atoms with van der Waals surface area (Å²) in [6, 6.07) is 16.1. The fourth-order valence-electron chi connectivity index (χ4n) is 2.86. The van der Waals surface area contributed by atoms with E-state index in [1.54, 1.807) is 30.3 Å². The molecule has 1 heterocycles. The number of carbonyl (C=O) groups excluding carboxylic acids is 3. The van der Waals surface area contributed by atoms with E-state index in [9.17, 15) is 14.4 Å². The van der Waals surface area contributed by atoms with Gasteiger partial charge in [-0.3, -0.25) is 9.59 Å². The summed E-state index contributed by atoms with van der Waals surface area (Å²) in [5, 5.41) is 6.40. The summed E-state index contributed by atoms with van der Waals surface area (Å²) in [5.41, 5.74) is 1.85. The van der Waals surface area contributed by atoms with Gasteiger partial charge in [-0.15, -0.1) is 0 Å². The Morgan fingerprint density at radius 3 is 2.57 bits per heavy atom. The van der Waals surface area contributed by atoms with Gasteiger partial charge >= 0.3 is 5.97 Å². The second-order valence-electron chi connectivity index (χ2n) is 6.69. The number of hydrogen-bond donors (Lipinski definition) is 3. The van der Waals surface area contributed by atoms with Gasteiger partial charge in [0.05, 0.1) is 11.3 Å². The molecule has 0 aliphatic heterocycles. The molecule has 2 aromatic carbocycles. The number of aromatic nitrogens is 1. The van der Waals surface area contributed by atoms with Crippen LogP contribution in [0.25, 0.3) is 10.9 Å². The molecule has 0 atom stereocenters. The van der Waals surface area contributed by atoms with Crippen LogP contribution in [0.15, 0.2) is 54.6 Å². The van der Waals surface area contributed by atoms with Crippen molar-refractivity contribution in [2.45, 2.75) is 18.9 Å². The van der Waals surface area contributed by atoms with Crippen LogP contribution in [0.5, 0.6) is 0 Å². The number of hydrogen-bond acceptors (Lipinski definition) is 4. The van der Waals surface area contributed by atoms with E-state index in [0.717, 1.165) is 23.7 Å². The van der Waals surface area contributed by atoms with Crippen LogP contribution < -0.4 is 10.6 Å². The van der Waals surface area contributed by atoms with E-state index >= 15 is 0 Å². The maximum absolute atomic E-state index is 12.3. The number of nitrogens with one attached hydrogen (secondary N) is 3. The van der Waals surface area contributed by atoms with E-state index in [2.05, 4.69) is 15.6 Å². The number of H-pyrrole nitrogens is 1. The van der Waals surface area contributed by atoms with Crippen molar-refractivity contribution in [3.63, 3.8) is 0 Å². The van der Waals surface area contributed by atoms with Crippen molar-refractivity contribution in [1.82, 2.24) is 10.3 Å². The SMILES string of the molecule is O=C(COC(=O)c1cc2ccccc2[nH]1)Nc1ccccc1C(=O)NC1CC1. The molecule has 0 saturated heterocycles. The molecule has 0 bridgehead atoms. The Balaban J connectivity index is 1.36. The maximum atomic E-state index is 12.3. The molecule has 7 heteroatoms. The minimum Gasteiger partial charge on any atom is -0.451 e. The van der Waals surface area contributed by atoms with Crippen LogP contribution in [0.4, 0.5) is 5.69 Å². The summed E-state index contributed by atoms with van der Waals surface area (Å²) < 4.78 is 5.08. The fourth-order valence-corrected chi connectivity index (χ4v) is 2.86. The monoisotopic (exact) mass is 377 g/mol. The van der Waals surface area contributed by atoms with Crippen LogP contribution in [0, 0.1) is 0 Å². The van der Waals surface area contributed by atoms with Crippen molar-refractivity contribution in [3.05, 3.63) is 65.9 Å². The number of ether oxygens (including phenoxy) is 1. The summed E-state index contributed by atoms with van der Waals surface area (Å²) in [6.45, 7) is -0.452. The number of anilines is 1. The Bertz CT molecular complexity index is 1020. The Hall–Kier alpha value is -3.61. The standard InChI is InChI=1S/C21H19N3O4/c25-19(12-28-21(27)18-11-13-5-1-3-7-16(13)23-18)24-17-8-4-2-6-15(17)20(26)22-14-9-10-14/h1-8,11,14,23H,9-10,12H2,(H,22,26)(H,24,25). The van der Waals surface area contributed by atoms with Crippen LogP contribution in [0.2, 0.25) is 0 Å². The lowest BCUT2D eigenvalue weighted by Crippen LogP contribution is -2.28. The summed E-state index contributed by atoms with van der Waals surface area (Å²) in [7, 11) is 0. The van der Waals surface area contributed by atoms with E-state index in [1.165, 1.54) is 0 Å². The largest absolute Gasteiger partial charge is 0.451 e. The van der Waals surface area contributed by atoms with Gasteiger partial charge in [0.1, 0.15) is 5.69 Å². The lowest BCUT2D eigenvalue weighted by Gasteiger charge is -2.11. The number of para-hydroxylation sites is 2. The third-order valence-electron chi connectivity index (χ3n) is 4.44. The molecule has 0 spiro atoms. The van der Waals surface area contributed by atoms with Gasteiger partial charge in [-0.1, -0.05) is 30.3 Å². The van der Waals surface area contributed by atoms with Crippen molar-refractivity contribution in [2.24, 2.45) is 0 Å². The van der Waals surface area contributed by atoms with Gasteiger partial charge < -0.3 is 20.4 Å². The zero-order valence-corrected chi connectivity index (χ0v) is 15.0. The summed E-state index contributed by atoms with van der Waals surface area (Å²) in [6.07, 6.45) is 1.95. The molecule has 7 nitrogen and oxygen atoms in total. The third kappa shape index (κ3) is 4.03. The highest BCUT2D eigenvalue weighted by atomic mass is 16.5. The van der Waals surface area contributed by atoms with E-state index in [-0.39, 0.29) is 17.6 Å². The Morgan fingerprint density at radius 1 is 1.04 bits per heavy atom. The Labute approximate surface area is 161 Å². The number of rotatable bonds is 6. The molecule has 3 N–H and O–H groups in total. The van der Waals surface area contributed by atoms with Crippen LogP contribution in [-0.2, 0) is 9.53 Å². The molecule has 0 unspecified atom stereocenters. The summed E-state index contributed by atoms with van der Waals surface area (Å²) in [5.74, 6) is -1.37. The van der Waals surface area contributed by atoms with Crippen molar-refractivity contribution in [2.75, 3.05) is 11.9 Å². The first-order chi connectivity index (χ1) is 13.6. The van der Waals surface area contributed by atoms with E-state index in [1.807, 2.05) is 24.3 Å². The van der Waals surface area contributed by atoms with Crippen LogP contribution >= 0.6 is 0 Å². The highest BCUT2D eigenvalue weighted by Crippen LogP contribution is 2.21. The number of carbonyl (C=O) groups is 3. The summed E-state index contributed by atoms with van der Waals surface area (Å²) in [4.78, 5) is 39.6. The van der Waals surface area contributed by atoms with E-state index < -0.39 is 18.5 Å². The molecule has 1 saturated carbocycles. The average molecular weight is 377 g/mol. The Morgan fingerprint density at radius 2 is 1.79 bits per heavy atom. The predicted octanol–water partition coefficient (Wildman–Crippen LogP) is 2.86. The second kappa shape index (κ2) is 7.56. The highest BCUT2D eigenvalue weighted by Gasteiger charge is 2.25. The summed E-state index contributed by atoms with van der Waals surface area (Å²) >= 11 is 0. The van der Waals surface area contributed by atoms with Crippen molar-refractivity contribution in [3.8, 4) is 0 Å². The third-order valence-corrected chi connectivity index (χ3v) is 4.44. The topological polar surface area (TPSA) is 100 Å². The van der Waals surface area contributed by atoms with E-state index in [0.29, 0.717) is 11.3 Å². The molecule has 1 fully saturated rings. The molecule has 2 amide bonds. The van der Waals surface area contributed by atoms with Gasteiger partial charge in [-0.25, -0.2) is 4.79 Å². The minimum absolute atomic E-state index is 0.216. The van der Waals surface area contributed by atoms with Gasteiger partial charge in [0.25, 0.3) is 11.8 Å². The van der Waals surface area contributed by atoms with Crippen molar-refractivity contribution < 1.29 is 19.1 Å². The zero-order valence-electron chi connectivity index (χ0n) is 15.0. The first-order valence-electron chi connectivity index (χ1n) is 9.05. The fraction of sp³-hybridized carbons (Fsp3) is 0.190. The molecule has 1 aromatic heterocycles. The second-order valence-corrected chi connectivity index (χ2v) is 6.69. The highest BCUT2D eigenvalue weighted by molar-refractivity contribution is 6.04. The molecule has 142 valence electrons. The first kappa shape index (κ1) is 17.8. The molecule has 1 aliphatic rings. The Kier molecular flexibility index (Phi) is 4.80. The molecular formula is C21H19N3O4. The minimum atomic E-state index is -0.619. The predicted molar refractivity (Wildman–Crippen MR) is 104 cm³/mol. The zero-order chi connectivity index (χ0) is 19.5. The maximum Gasteiger partial charge on any atom is 0.355 e. The quantitative estimate of drug-likeness (QED) is 0.575. The van der Waals surface area contributed by atoms with Crippen LogP contribution in [0.3, 0.4) is 0 Å². The lowest BCUT2D eigenvalue weighted by atomic mass is 10.1. The molecular weight excluding hydrogens is 358 g/mol. The molecule has 3 aromatic rings. The average Bonchev–Trinajstić information content (AvgIpc) is 3.40. The molecule has 0 radical (unpaired) electrons. The van der Waals surface area contributed by atoms with Gasteiger partial charge in [-0.2, -0.15) is 0 Å². The number of amides is 2. The smallest absolute Gasteiger partial charge is 0.355 e.